The first-order valence-corrected chi connectivity index (χ1v) is 7.04. The molecule has 1 heterocycles. The monoisotopic (exact) mass is 242 g/mol. The van der Waals surface area contributed by atoms with Crippen LogP contribution in [0.4, 0.5) is 0 Å². The molecule has 1 atom stereocenters. The van der Waals surface area contributed by atoms with E-state index in [1.54, 1.807) is 7.11 Å². The van der Waals surface area contributed by atoms with Gasteiger partial charge in [-0.15, -0.1) is 0 Å². The Morgan fingerprint density at radius 3 is 2.88 bits per heavy atom. The molecular formula is C14H30N2O. The van der Waals surface area contributed by atoms with Gasteiger partial charge in [-0.1, -0.05) is 13.8 Å². The summed E-state index contributed by atoms with van der Waals surface area (Å²) in [5.74, 6) is 0.887. The smallest absolute Gasteiger partial charge is 0.0467 e. The largest absolute Gasteiger partial charge is 0.385 e. The Balaban J connectivity index is 2.02. The molecule has 0 aromatic rings. The first-order chi connectivity index (χ1) is 8.14. The van der Waals surface area contributed by atoms with Crippen molar-refractivity contribution in [2.24, 2.45) is 11.3 Å². The van der Waals surface area contributed by atoms with Crippen LogP contribution in [0.2, 0.25) is 0 Å². The number of hydrogen-bond donors (Lipinski definition) is 2. The van der Waals surface area contributed by atoms with Gasteiger partial charge in [0, 0.05) is 20.3 Å². The lowest BCUT2D eigenvalue weighted by Crippen LogP contribution is -2.34. The van der Waals surface area contributed by atoms with Crippen LogP contribution < -0.4 is 10.6 Å². The van der Waals surface area contributed by atoms with Crippen LogP contribution in [0, 0.1) is 11.3 Å². The Bertz CT molecular complexity index is 189. The van der Waals surface area contributed by atoms with Crippen molar-refractivity contribution in [1.82, 2.24) is 10.6 Å². The molecule has 102 valence electrons. The number of ether oxygens (including phenoxy) is 1. The predicted octanol–water partition coefficient (Wildman–Crippen LogP) is 2.03. The summed E-state index contributed by atoms with van der Waals surface area (Å²) in [6, 6.07) is 0. The van der Waals surface area contributed by atoms with Gasteiger partial charge in [-0.2, -0.15) is 0 Å². The second-order valence-corrected chi connectivity index (χ2v) is 6.08. The molecule has 3 heteroatoms. The summed E-state index contributed by atoms with van der Waals surface area (Å²) >= 11 is 0. The summed E-state index contributed by atoms with van der Waals surface area (Å²) < 4.78 is 5.14. The fraction of sp³-hybridized carbons (Fsp3) is 1.00. The molecule has 2 N–H and O–H groups in total. The topological polar surface area (TPSA) is 33.3 Å². The van der Waals surface area contributed by atoms with E-state index in [1.807, 2.05) is 0 Å². The normalized spacial score (nSPS) is 21.7. The molecule has 0 spiro atoms. The minimum Gasteiger partial charge on any atom is -0.385 e. The molecule has 1 unspecified atom stereocenters. The van der Waals surface area contributed by atoms with Crippen LogP contribution in [0.15, 0.2) is 0 Å². The van der Waals surface area contributed by atoms with Crippen molar-refractivity contribution in [2.45, 2.75) is 39.5 Å². The lowest BCUT2D eigenvalue weighted by molar-refractivity contribution is 0.150. The summed E-state index contributed by atoms with van der Waals surface area (Å²) in [7, 11) is 1.78. The van der Waals surface area contributed by atoms with Crippen LogP contribution in [0.5, 0.6) is 0 Å². The summed E-state index contributed by atoms with van der Waals surface area (Å²) in [6.07, 6.45) is 5.20. The quantitative estimate of drug-likeness (QED) is 0.639. The van der Waals surface area contributed by atoms with Gasteiger partial charge in [-0.25, -0.2) is 0 Å². The van der Waals surface area contributed by atoms with Gasteiger partial charge in [0.25, 0.3) is 0 Å². The van der Waals surface area contributed by atoms with Crippen molar-refractivity contribution in [2.75, 3.05) is 39.9 Å². The maximum atomic E-state index is 5.14. The number of hydrogen-bond acceptors (Lipinski definition) is 3. The second-order valence-electron chi connectivity index (χ2n) is 6.08. The molecule has 0 saturated carbocycles. The zero-order valence-corrected chi connectivity index (χ0v) is 11.8. The van der Waals surface area contributed by atoms with Crippen LogP contribution >= 0.6 is 0 Å². The third-order valence-electron chi connectivity index (χ3n) is 3.71. The molecule has 17 heavy (non-hydrogen) atoms. The molecule has 0 aromatic carbocycles. The molecule has 0 bridgehead atoms. The van der Waals surface area contributed by atoms with E-state index in [4.69, 9.17) is 4.74 Å². The molecule has 1 aliphatic heterocycles. The van der Waals surface area contributed by atoms with Gasteiger partial charge in [-0.3, -0.25) is 0 Å². The minimum atomic E-state index is 0.348. The Morgan fingerprint density at radius 1 is 1.41 bits per heavy atom. The van der Waals surface area contributed by atoms with E-state index in [9.17, 15) is 0 Å². The maximum Gasteiger partial charge on any atom is 0.0467 e. The molecule has 1 saturated heterocycles. The van der Waals surface area contributed by atoms with Crippen molar-refractivity contribution in [1.29, 1.82) is 0 Å². The molecular weight excluding hydrogens is 212 g/mol. The molecule has 3 nitrogen and oxygen atoms in total. The maximum absolute atomic E-state index is 5.14. The van der Waals surface area contributed by atoms with Gasteiger partial charge in [0.05, 0.1) is 0 Å². The molecule has 0 aliphatic carbocycles. The molecule has 0 aromatic heterocycles. The van der Waals surface area contributed by atoms with E-state index >= 15 is 0 Å². The highest BCUT2D eigenvalue weighted by Gasteiger charge is 2.17. The van der Waals surface area contributed by atoms with E-state index in [0.717, 1.165) is 32.0 Å². The number of nitrogens with one attached hydrogen (secondary N) is 2. The van der Waals surface area contributed by atoms with Crippen LogP contribution in [-0.4, -0.2) is 39.9 Å². The van der Waals surface area contributed by atoms with Crippen molar-refractivity contribution in [3.05, 3.63) is 0 Å². The number of rotatable bonds is 8. The van der Waals surface area contributed by atoms with Gasteiger partial charge in [0.15, 0.2) is 0 Å². The van der Waals surface area contributed by atoms with Crippen LogP contribution in [0.1, 0.15) is 39.5 Å². The first kappa shape index (κ1) is 14.9. The highest BCUT2D eigenvalue weighted by molar-refractivity contribution is 4.73. The average molecular weight is 242 g/mol. The molecule has 0 radical (unpaired) electrons. The Morgan fingerprint density at radius 2 is 2.24 bits per heavy atom. The zero-order valence-electron chi connectivity index (χ0n) is 11.8. The Labute approximate surface area is 107 Å². The summed E-state index contributed by atoms with van der Waals surface area (Å²) in [6.45, 7) is 10.2. The number of methoxy groups -OCH3 is 1. The highest BCUT2D eigenvalue weighted by Crippen LogP contribution is 2.19. The lowest BCUT2D eigenvalue weighted by atomic mass is 9.89. The van der Waals surface area contributed by atoms with Crippen molar-refractivity contribution in [3.63, 3.8) is 0 Å². The number of piperidine rings is 1. The van der Waals surface area contributed by atoms with Gasteiger partial charge < -0.3 is 15.4 Å². The average Bonchev–Trinajstić information content (AvgIpc) is 2.34. The predicted molar refractivity (Wildman–Crippen MR) is 73.4 cm³/mol. The highest BCUT2D eigenvalue weighted by atomic mass is 16.5. The first-order valence-electron chi connectivity index (χ1n) is 7.04. The van der Waals surface area contributed by atoms with E-state index in [2.05, 4.69) is 24.5 Å². The minimum absolute atomic E-state index is 0.348. The zero-order chi connectivity index (χ0) is 12.6. The Kier molecular flexibility index (Phi) is 7.09. The van der Waals surface area contributed by atoms with Crippen LogP contribution in [0.3, 0.4) is 0 Å². The second kappa shape index (κ2) is 8.06. The van der Waals surface area contributed by atoms with E-state index in [1.165, 1.54) is 32.4 Å². The molecule has 1 rings (SSSR count). The third kappa shape index (κ3) is 7.02. The van der Waals surface area contributed by atoms with E-state index in [-0.39, 0.29) is 0 Å². The van der Waals surface area contributed by atoms with E-state index < -0.39 is 0 Å². The fourth-order valence-corrected chi connectivity index (χ4v) is 2.37. The molecule has 1 fully saturated rings. The third-order valence-corrected chi connectivity index (χ3v) is 3.71. The SMILES string of the molecule is COCCC(C)(C)CNCCC1CCCNC1. The summed E-state index contributed by atoms with van der Waals surface area (Å²) in [5.41, 5.74) is 0.348. The fourth-order valence-electron chi connectivity index (χ4n) is 2.37. The van der Waals surface area contributed by atoms with Gasteiger partial charge in [-0.05, 0) is 56.7 Å². The van der Waals surface area contributed by atoms with Crippen LogP contribution in [0.25, 0.3) is 0 Å². The van der Waals surface area contributed by atoms with Crippen molar-refractivity contribution >= 4 is 0 Å². The standard InChI is InChI=1S/C14H30N2O/c1-14(2,7-10-17-3)12-16-9-6-13-5-4-8-15-11-13/h13,15-16H,4-12H2,1-3H3. The summed E-state index contributed by atoms with van der Waals surface area (Å²) in [5, 5.41) is 7.07. The van der Waals surface area contributed by atoms with Crippen molar-refractivity contribution in [3.8, 4) is 0 Å². The van der Waals surface area contributed by atoms with Gasteiger partial charge in [0.1, 0.15) is 0 Å². The van der Waals surface area contributed by atoms with Crippen LogP contribution in [-0.2, 0) is 4.74 Å². The lowest BCUT2D eigenvalue weighted by Gasteiger charge is -2.26. The molecule has 0 amide bonds. The molecule has 1 aliphatic rings. The van der Waals surface area contributed by atoms with E-state index in [0.29, 0.717) is 5.41 Å². The van der Waals surface area contributed by atoms with Crippen molar-refractivity contribution < 1.29 is 4.74 Å². The Hall–Kier alpha value is -0.120. The summed E-state index contributed by atoms with van der Waals surface area (Å²) in [4.78, 5) is 0. The van der Waals surface area contributed by atoms with Gasteiger partial charge in [0.2, 0.25) is 0 Å². The van der Waals surface area contributed by atoms with Gasteiger partial charge >= 0.3 is 0 Å².